The van der Waals surface area contributed by atoms with E-state index in [4.69, 9.17) is 25.8 Å². The molecule has 15 heteroatoms. The Balaban J connectivity index is 2.98. The molecular formula is C17H25N3O12. The maximum absolute atomic E-state index is 12.4. The number of hydroxylamine groups is 2. The molecule has 0 aromatic heterocycles. The highest BCUT2D eigenvalue weighted by atomic mass is 17.2. The third kappa shape index (κ3) is 7.75. The standard InChI is InChI=1S/C17H25N3O12/c1-9(21)28-16(4,18)14(25)29-17(19,15(26)32-31-11(3)23)8-27-13(24)12-6-5-7-20(12)30-10(2)22/h12H,5-8,18-19H2,1-4H3/t12-,16+,17-/m0/s1. The number of nitrogens with zero attached hydrogens (tertiary/aromatic N) is 1. The fraction of sp³-hybridized carbons (Fsp3) is 0.647. The van der Waals surface area contributed by atoms with Gasteiger partial charge in [0.1, 0.15) is 6.04 Å². The van der Waals surface area contributed by atoms with Gasteiger partial charge in [0.15, 0.2) is 6.61 Å². The summed E-state index contributed by atoms with van der Waals surface area (Å²) in [5, 5.41) is 1.09. The van der Waals surface area contributed by atoms with Crippen molar-refractivity contribution in [3.05, 3.63) is 0 Å². The fourth-order valence-electron chi connectivity index (χ4n) is 2.43. The molecule has 0 amide bonds. The summed E-state index contributed by atoms with van der Waals surface area (Å²) >= 11 is 0. The highest BCUT2D eigenvalue weighted by Crippen LogP contribution is 2.20. The maximum atomic E-state index is 12.4. The van der Waals surface area contributed by atoms with E-state index in [1.165, 1.54) is 0 Å². The first kappa shape index (κ1) is 26.7. The van der Waals surface area contributed by atoms with Crippen molar-refractivity contribution >= 4 is 35.8 Å². The first-order chi connectivity index (χ1) is 14.7. The van der Waals surface area contributed by atoms with E-state index in [9.17, 15) is 28.8 Å². The summed E-state index contributed by atoms with van der Waals surface area (Å²) in [6.07, 6.45) is 0.757. The molecule has 1 fully saturated rings. The molecule has 3 atom stereocenters. The van der Waals surface area contributed by atoms with E-state index in [0.717, 1.165) is 32.8 Å². The van der Waals surface area contributed by atoms with Crippen LogP contribution < -0.4 is 11.5 Å². The summed E-state index contributed by atoms with van der Waals surface area (Å²) in [4.78, 5) is 83.3. The lowest BCUT2D eigenvalue weighted by Crippen LogP contribution is -2.61. The molecular weight excluding hydrogens is 438 g/mol. The van der Waals surface area contributed by atoms with Crippen LogP contribution in [0, 0.1) is 0 Å². The van der Waals surface area contributed by atoms with Crippen molar-refractivity contribution in [2.24, 2.45) is 11.5 Å². The number of esters is 3. The molecule has 4 N–H and O–H groups in total. The van der Waals surface area contributed by atoms with Crippen molar-refractivity contribution in [2.45, 2.75) is 58.0 Å². The highest BCUT2D eigenvalue weighted by Gasteiger charge is 2.48. The van der Waals surface area contributed by atoms with Gasteiger partial charge in [-0.15, -0.1) is 5.06 Å². The summed E-state index contributed by atoms with van der Waals surface area (Å²) in [6.45, 7) is 3.09. The van der Waals surface area contributed by atoms with Gasteiger partial charge in [-0.2, -0.15) is 0 Å². The molecule has 0 saturated carbocycles. The number of rotatable bonds is 8. The lowest BCUT2D eigenvalue weighted by molar-refractivity contribution is -0.273. The van der Waals surface area contributed by atoms with Crippen LogP contribution in [0.1, 0.15) is 40.5 Å². The lowest BCUT2D eigenvalue weighted by atomic mass is 10.2. The number of carbonyl (C=O) groups is 6. The van der Waals surface area contributed by atoms with Crippen molar-refractivity contribution < 1.29 is 57.6 Å². The van der Waals surface area contributed by atoms with Crippen LogP contribution in [0.3, 0.4) is 0 Å². The van der Waals surface area contributed by atoms with Crippen molar-refractivity contribution in [1.29, 1.82) is 0 Å². The summed E-state index contributed by atoms with van der Waals surface area (Å²) in [5.74, 6) is -6.77. The van der Waals surface area contributed by atoms with Gasteiger partial charge in [0.2, 0.25) is 0 Å². The Hall–Kier alpha value is -3.30. The number of ether oxygens (including phenoxy) is 3. The third-order valence-electron chi connectivity index (χ3n) is 3.77. The molecule has 0 bridgehead atoms. The van der Waals surface area contributed by atoms with Gasteiger partial charge in [-0.1, -0.05) is 0 Å². The van der Waals surface area contributed by atoms with Gasteiger partial charge in [-0.05, 0) is 12.8 Å². The molecule has 15 nitrogen and oxygen atoms in total. The molecule has 180 valence electrons. The van der Waals surface area contributed by atoms with Gasteiger partial charge < -0.3 is 19.0 Å². The van der Waals surface area contributed by atoms with Crippen molar-refractivity contribution in [3.63, 3.8) is 0 Å². The molecule has 0 radical (unpaired) electrons. The second-order valence-corrected chi connectivity index (χ2v) is 6.91. The van der Waals surface area contributed by atoms with Gasteiger partial charge >= 0.3 is 35.8 Å². The minimum atomic E-state index is -2.85. The second kappa shape index (κ2) is 10.8. The molecule has 0 unspecified atom stereocenters. The Labute approximate surface area is 182 Å². The van der Waals surface area contributed by atoms with Gasteiger partial charge in [-0.25, -0.2) is 24.2 Å². The smallest absolute Gasteiger partial charge is 0.417 e. The van der Waals surface area contributed by atoms with E-state index in [1.807, 2.05) is 0 Å². The van der Waals surface area contributed by atoms with Crippen LogP contribution in [0.15, 0.2) is 0 Å². The van der Waals surface area contributed by atoms with Crippen LogP contribution >= 0.6 is 0 Å². The lowest BCUT2D eigenvalue weighted by Gasteiger charge is -2.30. The highest BCUT2D eigenvalue weighted by molar-refractivity contribution is 5.87. The van der Waals surface area contributed by atoms with Crippen LogP contribution in [0.2, 0.25) is 0 Å². The monoisotopic (exact) mass is 463 g/mol. The van der Waals surface area contributed by atoms with Gasteiger partial charge in [0.05, 0.1) is 0 Å². The van der Waals surface area contributed by atoms with Crippen molar-refractivity contribution in [1.82, 2.24) is 5.06 Å². The van der Waals surface area contributed by atoms with E-state index in [-0.39, 0.29) is 13.0 Å². The summed E-state index contributed by atoms with van der Waals surface area (Å²) in [5.41, 5.74) is 6.05. The van der Waals surface area contributed by atoms with Crippen LogP contribution in [0.5, 0.6) is 0 Å². The zero-order valence-electron chi connectivity index (χ0n) is 17.9. The normalized spacial score (nSPS) is 19.5. The molecule has 1 rings (SSSR count). The molecule has 0 aliphatic carbocycles. The van der Waals surface area contributed by atoms with E-state index in [0.29, 0.717) is 6.42 Å². The molecule has 1 aliphatic rings. The first-order valence-corrected chi connectivity index (χ1v) is 9.20. The van der Waals surface area contributed by atoms with Crippen LogP contribution in [-0.2, 0) is 57.6 Å². The molecule has 1 saturated heterocycles. The van der Waals surface area contributed by atoms with E-state index in [2.05, 4.69) is 14.5 Å². The Bertz CT molecular complexity index is 783. The predicted molar refractivity (Wildman–Crippen MR) is 97.7 cm³/mol. The summed E-state index contributed by atoms with van der Waals surface area (Å²) in [7, 11) is 0. The third-order valence-corrected chi connectivity index (χ3v) is 3.77. The largest absolute Gasteiger partial charge is 0.458 e. The van der Waals surface area contributed by atoms with Crippen LogP contribution in [0.25, 0.3) is 0 Å². The van der Waals surface area contributed by atoms with Crippen LogP contribution in [0.4, 0.5) is 0 Å². The number of hydrogen-bond donors (Lipinski definition) is 2. The molecule has 0 aromatic rings. The SMILES string of the molecule is CC(=O)OOC(=O)[C@](N)(COC(=O)[C@@H]1CCCN1OC(C)=O)OC(=O)[C@](C)(N)OC(C)=O. The Morgan fingerprint density at radius 2 is 1.53 bits per heavy atom. The minimum absolute atomic E-state index is 0.254. The van der Waals surface area contributed by atoms with E-state index < -0.39 is 59.9 Å². The maximum Gasteiger partial charge on any atom is 0.417 e. The molecule has 0 spiro atoms. The first-order valence-electron chi connectivity index (χ1n) is 9.20. The zero-order chi connectivity index (χ0) is 24.7. The van der Waals surface area contributed by atoms with Crippen molar-refractivity contribution in [3.8, 4) is 0 Å². The van der Waals surface area contributed by atoms with Gasteiger partial charge in [0, 0.05) is 34.2 Å². The number of nitrogens with two attached hydrogens (primary N) is 2. The van der Waals surface area contributed by atoms with E-state index >= 15 is 0 Å². The second-order valence-electron chi connectivity index (χ2n) is 6.91. The van der Waals surface area contributed by atoms with E-state index in [1.54, 1.807) is 0 Å². The summed E-state index contributed by atoms with van der Waals surface area (Å²) in [6, 6.07) is -1.01. The number of carbonyl (C=O) groups excluding carboxylic acids is 6. The van der Waals surface area contributed by atoms with Crippen LogP contribution in [-0.4, -0.2) is 71.5 Å². The zero-order valence-corrected chi connectivity index (χ0v) is 17.9. The Morgan fingerprint density at radius 3 is 2.06 bits per heavy atom. The average Bonchev–Trinajstić information content (AvgIpc) is 3.10. The average molecular weight is 463 g/mol. The Kier molecular flexibility index (Phi) is 9.05. The Morgan fingerprint density at radius 1 is 0.906 bits per heavy atom. The number of hydrogen-bond acceptors (Lipinski definition) is 15. The van der Waals surface area contributed by atoms with Crippen molar-refractivity contribution in [2.75, 3.05) is 13.2 Å². The topological polar surface area (TPSA) is 213 Å². The molecule has 1 aliphatic heterocycles. The predicted octanol–water partition coefficient (Wildman–Crippen LogP) is -2.07. The molecule has 1 heterocycles. The quantitative estimate of drug-likeness (QED) is 0.130. The summed E-state index contributed by atoms with van der Waals surface area (Å²) < 4.78 is 14.3. The molecule has 32 heavy (non-hydrogen) atoms. The van der Waals surface area contributed by atoms with Gasteiger partial charge in [-0.3, -0.25) is 25.9 Å². The van der Waals surface area contributed by atoms with Gasteiger partial charge in [0.25, 0.3) is 11.4 Å². The fourth-order valence-corrected chi connectivity index (χ4v) is 2.43. The molecule has 0 aromatic carbocycles. The minimum Gasteiger partial charge on any atom is -0.458 e.